The molecule has 1 saturated heterocycles. The number of nitrogens with zero attached hydrogens (tertiary/aromatic N) is 6. The summed E-state index contributed by atoms with van der Waals surface area (Å²) in [5.41, 5.74) is 13.7. The van der Waals surface area contributed by atoms with E-state index in [4.69, 9.17) is 38.8 Å². The fourth-order valence-electron chi connectivity index (χ4n) is 6.53. The minimum Gasteiger partial charge on any atom is -0.477 e. The number of anilines is 4. The lowest BCUT2D eigenvalue weighted by molar-refractivity contribution is 0.0702. The monoisotopic (exact) mass is 1110 g/mol. The normalized spacial score (nSPS) is 13.8. The van der Waals surface area contributed by atoms with E-state index < -0.39 is 5.97 Å². The molecule has 0 spiro atoms. The Morgan fingerprint density at radius 1 is 0.812 bits per heavy atom. The third kappa shape index (κ3) is 15.7. The van der Waals surface area contributed by atoms with Crippen molar-refractivity contribution in [2.45, 2.75) is 33.4 Å². The zero-order valence-electron chi connectivity index (χ0n) is 36.2. The molecule has 14 nitrogen and oxygen atoms in total. The van der Waals surface area contributed by atoms with Crippen molar-refractivity contribution in [3.8, 4) is 0 Å². The van der Waals surface area contributed by atoms with Gasteiger partial charge in [-0.15, -0.1) is 11.3 Å². The quantitative estimate of drug-likeness (QED) is 0.0750. The molecule has 4 aromatic carbocycles. The number of rotatable bonds is 7. The van der Waals surface area contributed by atoms with Crippen molar-refractivity contribution in [2.24, 2.45) is 15.7 Å². The Morgan fingerprint density at radius 3 is 2.07 bits per heavy atom. The summed E-state index contributed by atoms with van der Waals surface area (Å²) in [5, 5.41) is 17.6. The first-order valence-corrected chi connectivity index (χ1v) is 24.0. The fourth-order valence-corrected chi connectivity index (χ4v) is 8.64. The molecule has 0 saturated carbocycles. The summed E-state index contributed by atoms with van der Waals surface area (Å²) in [6.45, 7) is 4.73. The Hall–Kier alpha value is -6.18. The molecule has 1 atom stereocenters. The molecule has 69 heavy (non-hydrogen) atoms. The Kier molecular flexibility index (Phi) is 19.2. The maximum atomic E-state index is 11.1. The molecule has 6 N–H and O–H groups in total. The highest BCUT2D eigenvalue weighted by Crippen LogP contribution is 2.29. The van der Waals surface area contributed by atoms with E-state index in [1.54, 1.807) is 37.5 Å². The number of aromatic carboxylic acids is 1. The van der Waals surface area contributed by atoms with E-state index in [1.807, 2.05) is 91.3 Å². The lowest BCUT2D eigenvalue weighted by atomic mass is 10.1. The minimum atomic E-state index is -0.864. The van der Waals surface area contributed by atoms with Crippen LogP contribution in [0, 0.1) is 0 Å². The van der Waals surface area contributed by atoms with Gasteiger partial charge in [-0.1, -0.05) is 75.7 Å². The van der Waals surface area contributed by atoms with Gasteiger partial charge in [-0.25, -0.2) is 24.7 Å². The van der Waals surface area contributed by atoms with Crippen LogP contribution in [0.1, 0.15) is 57.6 Å². The fraction of sp³-hybridized carbons (Fsp3) is 0.160. The number of Topliss-reactive ketones (excluding diaryl/α,β-unsaturated/α-hetero) is 1. The second-order valence-corrected chi connectivity index (χ2v) is 18.6. The molecule has 8 aromatic rings. The average molecular weight is 1110 g/mol. The van der Waals surface area contributed by atoms with Gasteiger partial charge >= 0.3 is 5.97 Å². The smallest absolute Gasteiger partial charge is 0.345 e. The number of allylic oxidation sites excluding steroid dienone is 1. The summed E-state index contributed by atoms with van der Waals surface area (Å²) >= 11 is 19.5. The van der Waals surface area contributed by atoms with Crippen molar-refractivity contribution in [2.75, 3.05) is 30.4 Å². The summed E-state index contributed by atoms with van der Waals surface area (Å²) in [5.74, 6) is 0.555. The van der Waals surface area contributed by atoms with Gasteiger partial charge in [-0.2, -0.15) is 0 Å². The highest BCUT2D eigenvalue weighted by Gasteiger charge is 2.10. The third-order valence-electron chi connectivity index (χ3n) is 9.92. The van der Waals surface area contributed by atoms with Crippen LogP contribution >= 0.6 is 66.4 Å². The number of nitrogens with one attached hydrogen (secondary N) is 3. The second-order valence-electron chi connectivity index (χ2n) is 15.0. The predicted molar refractivity (Wildman–Crippen MR) is 289 cm³/mol. The third-order valence-corrected chi connectivity index (χ3v) is 12.4. The highest BCUT2D eigenvalue weighted by atomic mass is 79.9. The van der Waals surface area contributed by atoms with E-state index in [0.717, 1.165) is 90.7 Å². The summed E-state index contributed by atoms with van der Waals surface area (Å²) in [6.07, 6.45) is 10.2. The summed E-state index contributed by atoms with van der Waals surface area (Å²) in [6, 6.07) is 33.3. The molecule has 0 amide bonds. The van der Waals surface area contributed by atoms with Gasteiger partial charge in [0.25, 0.3) is 0 Å². The Balaban J connectivity index is 0.000000146. The number of benzene rings is 4. The van der Waals surface area contributed by atoms with Gasteiger partial charge in [0.05, 0.1) is 25.4 Å². The number of thiophene rings is 1. The lowest BCUT2D eigenvalue weighted by Crippen LogP contribution is -2.18. The topological polar surface area (TPSA) is 206 Å². The number of carboxylic acid groups (broad SMARTS) is 1. The number of hydrogen-bond acceptors (Lipinski definition) is 13. The van der Waals surface area contributed by atoms with Crippen LogP contribution in [0.5, 0.6) is 0 Å². The van der Waals surface area contributed by atoms with Gasteiger partial charge in [0, 0.05) is 80.3 Å². The number of ketones is 1. The predicted octanol–water partition coefficient (Wildman–Crippen LogP) is 13.0. The number of nitrogens with two attached hydrogens (primary N) is 1. The molecule has 4 aromatic heterocycles. The van der Waals surface area contributed by atoms with Crippen LogP contribution in [-0.2, 0) is 11.3 Å². The molecular weight excluding hydrogens is 1070 g/mol. The van der Waals surface area contributed by atoms with Crippen molar-refractivity contribution in [3.63, 3.8) is 0 Å². The van der Waals surface area contributed by atoms with Crippen LogP contribution in [-0.4, -0.2) is 80.0 Å². The van der Waals surface area contributed by atoms with Gasteiger partial charge in [0.2, 0.25) is 10.6 Å². The molecule has 1 unspecified atom stereocenters. The number of carbonyl (C=O) groups excluding carboxylic acids is 1. The Labute approximate surface area is 429 Å². The zero-order chi connectivity index (χ0) is 48.0. The standard InChI is InChI=1S/C14H11ClN4.C12H9ClN4.C10H8BrNO.C9H5BrO2S.C4H9NO.CH4/c15-14-17-8-6-13(19-14)18-12-3-1-10(2-4-12)11-5-7-16-9-11;13-12-15-4-3-11(17-12)16-10-2-1-8-6-14-7-9(8)5-10;1-6(13)9-4-7-2-3-8(11)5-10(7)12-9;10-6-2-1-5-3-8(9(11)12)13-7(5)4-6;5-4-1-2-6-3-4;/h1-6,8-9H,7H2,(H,17,18,19);1-5,7H,6H2,(H,15,16,17);2-5,12H,1H3;1-4H,(H,11,12);4H,1-3,5H2;1H4. The molecule has 1 fully saturated rings. The van der Waals surface area contributed by atoms with Crippen molar-refractivity contribution >= 4 is 140 Å². The van der Waals surface area contributed by atoms with Crippen LogP contribution in [0.15, 0.2) is 141 Å². The van der Waals surface area contributed by atoms with Gasteiger partial charge in [-0.3, -0.25) is 14.8 Å². The van der Waals surface area contributed by atoms with Crippen molar-refractivity contribution in [1.29, 1.82) is 0 Å². The number of fused-ring (bicyclic) bond motifs is 3. The van der Waals surface area contributed by atoms with E-state index in [-0.39, 0.29) is 23.8 Å². The number of carboxylic acids is 1. The van der Waals surface area contributed by atoms with Crippen LogP contribution < -0.4 is 16.4 Å². The molecule has 3 aliphatic heterocycles. The number of H-pyrrole nitrogens is 1. The van der Waals surface area contributed by atoms with Gasteiger partial charge in [0.1, 0.15) is 16.5 Å². The van der Waals surface area contributed by atoms with E-state index in [9.17, 15) is 9.59 Å². The maximum Gasteiger partial charge on any atom is 0.345 e. The van der Waals surface area contributed by atoms with E-state index in [0.29, 0.717) is 28.2 Å². The Morgan fingerprint density at radius 2 is 1.48 bits per heavy atom. The van der Waals surface area contributed by atoms with Gasteiger partial charge in [0.15, 0.2) is 5.78 Å². The number of ether oxygens (including phenoxy) is 1. The SMILES string of the molecule is C.CC(=O)c1cc2ccc(Br)cc2[nH]1.Clc1nccc(Nc2ccc(C3=CCN=C3)cc2)n1.Clc1nccc(Nc2ccc3c(c2)C=NC3)n1.NC1CCOC1.O=C(O)c1cc2ccc(Br)cc2s1. The second kappa shape index (κ2) is 25.4. The van der Waals surface area contributed by atoms with Crippen LogP contribution in [0.4, 0.5) is 23.0 Å². The maximum absolute atomic E-state index is 11.1. The molecule has 0 bridgehead atoms. The number of aliphatic imine (C=N–C) groups is 2. The first-order chi connectivity index (χ1) is 32.8. The summed E-state index contributed by atoms with van der Waals surface area (Å²) < 4.78 is 7.91. The minimum absolute atomic E-state index is 0. The van der Waals surface area contributed by atoms with Crippen LogP contribution in [0.2, 0.25) is 10.6 Å². The molecule has 7 heterocycles. The van der Waals surface area contributed by atoms with Gasteiger partial charge < -0.3 is 31.2 Å². The van der Waals surface area contributed by atoms with Gasteiger partial charge in [-0.05, 0) is 130 Å². The highest BCUT2D eigenvalue weighted by molar-refractivity contribution is 9.10. The molecule has 0 aliphatic carbocycles. The first-order valence-electron chi connectivity index (χ1n) is 20.8. The van der Waals surface area contributed by atoms with E-state index in [1.165, 1.54) is 16.9 Å². The zero-order valence-corrected chi connectivity index (χ0v) is 41.7. The number of halogens is 4. The van der Waals surface area contributed by atoms with Crippen LogP contribution in [0.25, 0.3) is 26.6 Å². The Bertz CT molecular complexity index is 3050. The number of hydrogen-bond donors (Lipinski definition) is 5. The number of aromatic amines is 1. The van der Waals surface area contributed by atoms with Crippen LogP contribution in [0.3, 0.4) is 0 Å². The number of carbonyl (C=O) groups is 2. The molecule has 354 valence electrons. The molecule has 19 heteroatoms. The largest absolute Gasteiger partial charge is 0.477 e. The summed E-state index contributed by atoms with van der Waals surface area (Å²) in [4.78, 5) is 49.4. The van der Waals surface area contributed by atoms with Crippen molar-refractivity contribution in [1.82, 2.24) is 24.9 Å². The number of aromatic nitrogens is 5. The van der Waals surface area contributed by atoms with E-state index in [2.05, 4.69) is 89.5 Å². The lowest BCUT2D eigenvalue weighted by Gasteiger charge is -2.06. The average Bonchev–Trinajstić information content (AvgIpc) is 4.19. The van der Waals surface area contributed by atoms with Crippen molar-refractivity contribution in [3.05, 3.63) is 168 Å². The first kappa shape index (κ1) is 52.2. The molecule has 3 aliphatic rings. The van der Waals surface area contributed by atoms with E-state index >= 15 is 0 Å². The molecule has 0 radical (unpaired) electrons. The summed E-state index contributed by atoms with van der Waals surface area (Å²) in [7, 11) is 0. The molecular formula is C50H46Br2Cl2N10O4S. The molecule has 11 rings (SSSR count). The van der Waals surface area contributed by atoms with Crippen molar-refractivity contribution < 1.29 is 19.4 Å².